The SMILES string of the molecule is CCN(CC)C(=O)CCCSc1ccc(N)cc1Cl. The third-order valence-corrected chi connectivity index (χ3v) is 4.45. The monoisotopic (exact) mass is 300 g/mol. The summed E-state index contributed by atoms with van der Waals surface area (Å²) in [6.07, 6.45) is 1.46. The van der Waals surface area contributed by atoms with Crippen molar-refractivity contribution in [3.05, 3.63) is 23.2 Å². The summed E-state index contributed by atoms with van der Waals surface area (Å²) in [6, 6.07) is 5.52. The fourth-order valence-electron chi connectivity index (χ4n) is 1.77. The Bertz CT molecular complexity index is 422. The Hall–Kier alpha value is -0.870. The first kappa shape index (κ1) is 16.2. The zero-order valence-electron chi connectivity index (χ0n) is 11.5. The summed E-state index contributed by atoms with van der Waals surface area (Å²) in [6.45, 7) is 5.58. The van der Waals surface area contributed by atoms with Crippen molar-refractivity contribution in [1.82, 2.24) is 4.90 Å². The van der Waals surface area contributed by atoms with Crippen molar-refractivity contribution in [2.75, 3.05) is 24.6 Å². The van der Waals surface area contributed by atoms with Crippen LogP contribution in [0.5, 0.6) is 0 Å². The second kappa shape index (κ2) is 8.33. The molecule has 0 aliphatic heterocycles. The number of halogens is 1. The topological polar surface area (TPSA) is 46.3 Å². The number of hydrogen-bond acceptors (Lipinski definition) is 3. The van der Waals surface area contributed by atoms with Gasteiger partial charge in [-0.3, -0.25) is 4.79 Å². The number of thioether (sulfide) groups is 1. The van der Waals surface area contributed by atoms with Gasteiger partial charge in [-0.2, -0.15) is 0 Å². The van der Waals surface area contributed by atoms with Crippen LogP contribution in [-0.2, 0) is 4.79 Å². The van der Waals surface area contributed by atoms with E-state index in [1.54, 1.807) is 17.8 Å². The van der Waals surface area contributed by atoms with E-state index in [4.69, 9.17) is 17.3 Å². The Labute approximate surface area is 124 Å². The molecular formula is C14H21ClN2OS. The molecule has 1 rings (SSSR count). The number of hydrogen-bond donors (Lipinski definition) is 1. The first-order valence-corrected chi connectivity index (χ1v) is 7.90. The molecule has 0 heterocycles. The molecule has 0 atom stereocenters. The quantitative estimate of drug-likeness (QED) is 0.475. The third kappa shape index (κ3) is 5.33. The van der Waals surface area contributed by atoms with E-state index in [0.29, 0.717) is 17.1 Å². The van der Waals surface area contributed by atoms with Crippen LogP contribution in [0.2, 0.25) is 5.02 Å². The number of carbonyl (C=O) groups excluding carboxylic acids is 1. The van der Waals surface area contributed by atoms with Crippen molar-refractivity contribution in [2.24, 2.45) is 0 Å². The van der Waals surface area contributed by atoms with Crippen LogP contribution in [0.15, 0.2) is 23.1 Å². The van der Waals surface area contributed by atoms with Gasteiger partial charge < -0.3 is 10.6 Å². The summed E-state index contributed by atoms with van der Waals surface area (Å²) in [5, 5.41) is 0.681. The molecule has 0 radical (unpaired) electrons. The van der Waals surface area contributed by atoms with Gasteiger partial charge in [-0.05, 0) is 44.2 Å². The summed E-state index contributed by atoms with van der Waals surface area (Å²) < 4.78 is 0. The van der Waals surface area contributed by atoms with Gasteiger partial charge in [0.1, 0.15) is 0 Å². The summed E-state index contributed by atoms with van der Waals surface area (Å²) in [4.78, 5) is 14.7. The van der Waals surface area contributed by atoms with Crippen LogP contribution in [0.3, 0.4) is 0 Å². The predicted octanol–water partition coefficient (Wildman–Crippen LogP) is 3.66. The smallest absolute Gasteiger partial charge is 0.222 e. The Balaban J connectivity index is 2.33. The van der Waals surface area contributed by atoms with Gasteiger partial charge in [-0.25, -0.2) is 0 Å². The molecule has 0 aliphatic carbocycles. The molecule has 0 bridgehead atoms. The molecule has 0 spiro atoms. The highest BCUT2D eigenvalue weighted by Gasteiger charge is 2.09. The van der Waals surface area contributed by atoms with Crippen LogP contribution < -0.4 is 5.73 Å². The molecule has 106 valence electrons. The van der Waals surface area contributed by atoms with Crippen LogP contribution >= 0.6 is 23.4 Å². The lowest BCUT2D eigenvalue weighted by Crippen LogP contribution is -2.30. The van der Waals surface area contributed by atoms with Gasteiger partial charge in [0.05, 0.1) is 5.02 Å². The van der Waals surface area contributed by atoms with E-state index in [2.05, 4.69) is 0 Å². The van der Waals surface area contributed by atoms with Crippen molar-refractivity contribution < 1.29 is 4.79 Å². The minimum Gasteiger partial charge on any atom is -0.399 e. The maximum absolute atomic E-state index is 11.8. The Morgan fingerprint density at radius 1 is 1.37 bits per heavy atom. The summed E-state index contributed by atoms with van der Waals surface area (Å²) in [7, 11) is 0. The van der Waals surface area contributed by atoms with Crippen molar-refractivity contribution in [3.63, 3.8) is 0 Å². The van der Waals surface area contributed by atoms with E-state index < -0.39 is 0 Å². The van der Waals surface area contributed by atoms with Crippen LogP contribution in [0, 0.1) is 0 Å². The van der Waals surface area contributed by atoms with E-state index in [9.17, 15) is 4.79 Å². The molecule has 1 amide bonds. The Morgan fingerprint density at radius 3 is 2.63 bits per heavy atom. The molecular weight excluding hydrogens is 280 g/mol. The Morgan fingerprint density at radius 2 is 2.05 bits per heavy atom. The number of amides is 1. The van der Waals surface area contributed by atoms with E-state index >= 15 is 0 Å². The third-order valence-electron chi connectivity index (χ3n) is 2.86. The molecule has 0 aromatic heterocycles. The zero-order chi connectivity index (χ0) is 14.3. The van der Waals surface area contributed by atoms with Crippen molar-refractivity contribution in [2.45, 2.75) is 31.6 Å². The van der Waals surface area contributed by atoms with Gasteiger partial charge in [0.25, 0.3) is 0 Å². The maximum atomic E-state index is 11.8. The minimum atomic E-state index is 0.231. The second-order valence-corrected chi connectivity index (χ2v) is 5.75. The van der Waals surface area contributed by atoms with E-state index in [1.165, 1.54) is 0 Å². The van der Waals surface area contributed by atoms with Crippen LogP contribution in [-0.4, -0.2) is 29.6 Å². The fraction of sp³-hybridized carbons (Fsp3) is 0.500. The van der Waals surface area contributed by atoms with Gasteiger partial charge in [-0.1, -0.05) is 11.6 Å². The molecule has 0 unspecified atom stereocenters. The first-order valence-electron chi connectivity index (χ1n) is 6.54. The van der Waals surface area contributed by atoms with Crippen molar-refractivity contribution in [3.8, 4) is 0 Å². The number of nitrogen functional groups attached to an aromatic ring is 1. The van der Waals surface area contributed by atoms with Crippen LogP contribution in [0.4, 0.5) is 5.69 Å². The molecule has 1 aromatic rings. The fourth-order valence-corrected chi connectivity index (χ4v) is 3.00. The number of anilines is 1. The standard InChI is InChI=1S/C14H21ClN2OS/c1-3-17(4-2)14(18)6-5-9-19-13-8-7-11(16)10-12(13)15/h7-8,10H,3-6,9,16H2,1-2H3. The molecule has 19 heavy (non-hydrogen) atoms. The van der Waals surface area contributed by atoms with Crippen LogP contribution in [0.25, 0.3) is 0 Å². The lowest BCUT2D eigenvalue weighted by Gasteiger charge is -2.18. The van der Waals surface area contributed by atoms with Crippen LogP contribution in [0.1, 0.15) is 26.7 Å². The number of rotatable bonds is 7. The average molecular weight is 301 g/mol. The molecule has 5 heteroatoms. The average Bonchev–Trinajstić information content (AvgIpc) is 2.38. The number of benzene rings is 1. The van der Waals surface area contributed by atoms with E-state index in [-0.39, 0.29) is 5.91 Å². The molecule has 1 aromatic carbocycles. The van der Waals surface area contributed by atoms with Gasteiger partial charge >= 0.3 is 0 Å². The van der Waals surface area contributed by atoms with Gasteiger partial charge in [0, 0.05) is 30.1 Å². The molecule has 3 nitrogen and oxygen atoms in total. The predicted molar refractivity (Wildman–Crippen MR) is 83.8 cm³/mol. The summed E-state index contributed by atoms with van der Waals surface area (Å²) in [5.74, 6) is 1.12. The van der Waals surface area contributed by atoms with Gasteiger partial charge in [0.2, 0.25) is 5.91 Å². The van der Waals surface area contributed by atoms with E-state index in [1.807, 2.05) is 30.9 Å². The lowest BCUT2D eigenvalue weighted by atomic mass is 10.3. The lowest BCUT2D eigenvalue weighted by molar-refractivity contribution is -0.130. The van der Waals surface area contributed by atoms with E-state index in [0.717, 1.165) is 30.2 Å². The largest absolute Gasteiger partial charge is 0.399 e. The highest BCUT2D eigenvalue weighted by atomic mass is 35.5. The summed E-state index contributed by atoms with van der Waals surface area (Å²) in [5.41, 5.74) is 6.31. The zero-order valence-corrected chi connectivity index (χ0v) is 13.1. The second-order valence-electron chi connectivity index (χ2n) is 4.21. The molecule has 0 fully saturated rings. The van der Waals surface area contributed by atoms with Gasteiger partial charge in [-0.15, -0.1) is 11.8 Å². The number of nitrogens with zero attached hydrogens (tertiary/aromatic N) is 1. The van der Waals surface area contributed by atoms with Crippen molar-refractivity contribution >= 4 is 35.0 Å². The highest BCUT2D eigenvalue weighted by molar-refractivity contribution is 7.99. The summed E-state index contributed by atoms with van der Waals surface area (Å²) >= 11 is 7.76. The van der Waals surface area contributed by atoms with Gasteiger partial charge in [0.15, 0.2) is 0 Å². The Kier molecular flexibility index (Phi) is 7.10. The number of carbonyl (C=O) groups is 1. The number of nitrogens with two attached hydrogens (primary N) is 1. The molecule has 0 saturated carbocycles. The maximum Gasteiger partial charge on any atom is 0.222 e. The first-order chi connectivity index (χ1) is 9.08. The molecule has 0 aliphatic rings. The highest BCUT2D eigenvalue weighted by Crippen LogP contribution is 2.29. The molecule has 0 saturated heterocycles. The normalized spacial score (nSPS) is 10.5. The minimum absolute atomic E-state index is 0.231. The molecule has 2 N–H and O–H groups in total. The van der Waals surface area contributed by atoms with Crippen molar-refractivity contribution in [1.29, 1.82) is 0 Å².